The molecule has 0 N–H and O–H groups in total. The van der Waals surface area contributed by atoms with E-state index in [1.54, 1.807) is 0 Å². The molecule has 0 spiro atoms. The van der Waals surface area contributed by atoms with Gasteiger partial charge in [-0.15, -0.1) is 0 Å². The van der Waals surface area contributed by atoms with Crippen LogP contribution in [0, 0.1) is 0 Å². The zero-order valence-electron chi connectivity index (χ0n) is 14.0. The summed E-state index contributed by atoms with van der Waals surface area (Å²) in [6.07, 6.45) is 0.248. The minimum absolute atomic E-state index is 0.0133. The van der Waals surface area contributed by atoms with Gasteiger partial charge < -0.3 is 9.47 Å². The molecule has 0 aliphatic carbocycles. The molecule has 0 heterocycles. The van der Waals surface area contributed by atoms with Crippen molar-refractivity contribution in [2.45, 2.75) is 39.2 Å². The molecular formula is C20H26O2. The summed E-state index contributed by atoms with van der Waals surface area (Å²) < 4.78 is 11.2. The van der Waals surface area contributed by atoms with Gasteiger partial charge in [0.2, 0.25) is 0 Å². The smallest absolute Gasteiger partial charge is 0.119 e. The van der Waals surface area contributed by atoms with Gasteiger partial charge in [0.25, 0.3) is 0 Å². The van der Waals surface area contributed by atoms with Gasteiger partial charge >= 0.3 is 0 Å². The first-order valence-corrected chi connectivity index (χ1v) is 7.90. The molecule has 2 aromatic rings. The molecule has 0 bridgehead atoms. The molecule has 0 aliphatic rings. The number of hydrogen-bond acceptors (Lipinski definition) is 2. The Hall–Kier alpha value is -1.80. The summed E-state index contributed by atoms with van der Waals surface area (Å²) in [6.45, 7) is 9.75. The maximum Gasteiger partial charge on any atom is 0.119 e. The van der Waals surface area contributed by atoms with Crippen LogP contribution in [0.15, 0.2) is 54.6 Å². The summed E-state index contributed by atoms with van der Waals surface area (Å²) >= 11 is 0. The van der Waals surface area contributed by atoms with Crippen molar-refractivity contribution < 1.29 is 9.47 Å². The van der Waals surface area contributed by atoms with E-state index in [-0.39, 0.29) is 11.5 Å². The van der Waals surface area contributed by atoms with Crippen molar-refractivity contribution in [3.05, 3.63) is 65.7 Å². The monoisotopic (exact) mass is 298 g/mol. The topological polar surface area (TPSA) is 18.5 Å². The van der Waals surface area contributed by atoms with E-state index >= 15 is 0 Å². The minimum atomic E-state index is -0.0133. The fourth-order valence-electron chi connectivity index (χ4n) is 2.43. The van der Waals surface area contributed by atoms with Crippen LogP contribution in [-0.4, -0.2) is 19.3 Å². The average Bonchev–Trinajstić information content (AvgIpc) is 2.53. The van der Waals surface area contributed by atoms with Gasteiger partial charge in [-0.3, -0.25) is 0 Å². The van der Waals surface area contributed by atoms with E-state index < -0.39 is 0 Å². The molecule has 0 radical (unpaired) electrons. The normalized spacial score (nSPS) is 11.7. The third-order valence-electron chi connectivity index (χ3n) is 3.87. The molecule has 0 fully saturated rings. The SMILES string of the molecule is CC(C)OCCOc1ccc(C(C)(C)c2ccccc2)cc1. The van der Waals surface area contributed by atoms with Gasteiger partial charge in [-0.2, -0.15) is 0 Å². The highest BCUT2D eigenvalue weighted by molar-refractivity contribution is 5.39. The molecular weight excluding hydrogens is 272 g/mol. The van der Waals surface area contributed by atoms with Crippen molar-refractivity contribution in [3.63, 3.8) is 0 Å². The second kappa shape index (κ2) is 7.46. The summed E-state index contributed by atoms with van der Waals surface area (Å²) in [5.74, 6) is 0.889. The molecule has 0 atom stereocenters. The quantitative estimate of drug-likeness (QED) is 0.683. The van der Waals surface area contributed by atoms with Crippen LogP contribution >= 0.6 is 0 Å². The van der Waals surface area contributed by atoms with Gasteiger partial charge in [-0.25, -0.2) is 0 Å². The zero-order chi connectivity index (χ0) is 16.0. The van der Waals surface area contributed by atoms with E-state index in [4.69, 9.17) is 9.47 Å². The Morgan fingerprint density at radius 2 is 1.41 bits per heavy atom. The first-order valence-electron chi connectivity index (χ1n) is 7.90. The lowest BCUT2D eigenvalue weighted by Crippen LogP contribution is -2.18. The Labute approximate surface area is 134 Å². The summed E-state index contributed by atoms with van der Waals surface area (Å²) in [5, 5.41) is 0. The van der Waals surface area contributed by atoms with E-state index in [0.29, 0.717) is 13.2 Å². The molecule has 2 aromatic carbocycles. The molecule has 0 aromatic heterocycles. The molecule has 0 amide bonds. The fourth-order valence-corrected chi connectivity index (χ4v) is 2.43. The lowest BCUT2D eigenvalue weighted by Gasteiger charge is -2.26. The van der Waals surface area contributed by atoms with Crippen LogP contribution in [0.1, 0.15) is 38.8 Å². The third-order valence-corrected chi connectivity index (χ3v) is 3.87. The Bertz CT molecular complexity index is 556. The first-order chi connectivity index (χ1) is 10.5. The summed E-state index contributed by atoms with van der Waals surface area (Å²) in [5.41, 5.74) is 2.58. The number of ether oxygens (including phenoxy) is 2. The highest BCUT2D eigenvalue weighted by atomic mass is 16.5. The lowest BCUT2D eigenvalue weighted by atomic mass is 9.78. The second-order valence-electron chi connectivity index (χ2n) is 6.28. The second-order valence-corrected chi connectivity index (χ2v) is 6.28. The molecule has 0 saturated carbocycles. The fraction of sp³-hybridized carbons (Fsp3) is 0.400. The molecule has 0 aliphatic heterocycles. The van der Waals surface area contributed by atoms with E-state index in [1.807, 2.05) is 26.0 Å². The predicted molar refractivity (Wildman–Crippen MR) is 91.6 cm³/mol. The summed E-state index contributed by atoms with van der Waals surface area (Å²) in [6, 6.07) is 18.9. The van der Waals surface area contributed by atoms with Crippen LogP contribution in [0.25, 0.3) is 0 Å². The maximum absolute atomic E-state index is 5.70. The Morgan fingerprint density at radius 1 is 0.818 bits per heavy atom. The van der Waals surface area contributed by atoms with Gasteiger partial charge in [0, 0.05) is 5.41 Å². The first kappa shape index (κ1) is 16.6. The largest absolute Gasteiger partial charge is 0.491 e. The van der Waals surface area contributed by atoms with E-state index in [1.165, 1.54) is 11.1 Å². The molecule has 2 rings (SSSR count). The molecule has 2 heteroatoms. The van der Waals surface area contributed by atoms with Crippen molar-refractivity contribution in [2.75, 3.05) is 13.2 Å². The molecule has 0 unspecified atom stereocenters. The molecule has 22 heavy (non-hydrogen) atoms. The zero-order valence-corrected chi connectivity index (χ0v) is 14.0. The van der Waals surface area contributed by atoms with E-state index in [0.717, 1.165) is 5.75 Å². The van der Waals surface area contributed by atoms with Crippen molar-refractivity contribution in [2.24, 2.45) is 0 Å². The molecule has 2 nitrogen and oxygen atoms in total. The standard InChI is InChI=1S/C20H26O2/c1-16(2)21-14-15-22-19-12-10-18(11-13-19)20(3,4)17-8-6-5-7-9-17/h5-13,16H,14-15H2,1-4H3. The number of hydrogen-bond donors (Lipinski definition) is 0. The Morgan fingerprint density at radius 3 is 2.00 bits per heavy atom. The van der Waals surface area contributed by atoms with Crippen molar-refractivity contribution in [1.29, 1.82) is 0 Å². The highest BCUT2D eigenvalue weighted by Crippen LogP contribution is 2.32. The van der Waals surface area contributed by atoms with Gasteiger partial charge in [0.15, 0.2) is 0 Å². The Balaban J connectivity index is 1.99. The van der Waals surface area contributed by atoms with Crippen LogP contribution in [0.2, 0.25) is 0 Å². The van der Waals surface area contributed by atoms with E-state index in [2.05, 4.69) is 56.3 Å². The van der Waals surface area contributed by atoms with Gasteiger partial charge in [0.05, 0.1) is 12.7 Å². The predicted octanol–water partition coefficient (Wildman–Crippen LogP) is 4.82. The summed E-state index contributed by atoms with van der Waals surface area (Å²) in [7, 11) is 0. The van der Waals surface area contributed by atoms with Crippen LogP contribution in [0.3, 0.4) is 0 Å². The summed E-state index contributed by atoms with van der Waals surface area (Å²) in [4.78, 5) is 0. The van der Waals surface area contributed by atoms with Crippen LogP contribution in [0.5, 0.6) is 5.75 Å². The van der Waals surface area contributed by atoms with Crippen LogP contribution < -0.4 is 4.74 Å². The number of benzene rings is 2. The highest BCUT2D eigenvalue weighted by Gasteiger charge is 2.22. The van der Waals surface area contributed by atoms with Crippen molar-refractivity contribution >= 4 is 0 Å². The number of rotatable bonds is 7. The third kappa shape index (κ3) is 4.35. The Kier molecular flexibility index (Phi) is 5.62. The maximum atomic E-state index is 5.70. The lowest BCUT2D eigenvalue weighted by molar-refractivity contribution is 0.0552. The average molecular weight is 298 g/mol. The molecule has 0 saturated heterocycles. The van der Waals surface area contributed by atoms with Crippen LogP contribution in [0.4, 0.5) is 0 Å². The van der Waals surface area contributed by atoms with Crippen molar-refractivity contribution in [1.82, 2.24) is 0 Å². The minimum Gasteiger partial charge on any atom is -0.491 e. The van der Waals surface area contributed by atoms with Gasteiger partial charge in [-0.05, 0) is 37.1 Å². The van der Waals surface area contributed by atoms with E-state index in [9.17, 15) is 0 Å². The van der Waals surface area contributed by atoms with Gasteiger partial charge in [0.1, 0.15) is 12.4 Å². The van der Waals surface area contributed by atoms with Crippen LogP contribution in [-0.2, 0) is 10.2 Å². The van der Waals surface area contributed by atoms with Crippen molar-refractivity contribution in [3.8, 4) is 5.75 Å². The molecule has 118 valence electrons. The van der Waals surface area contributed by atoms with Gasteiger partial charge in [-0.1, -0.05) is 56.3 Å².